The Morgan fingerprint density at radius 2 is 2.00 bits per heavy atom. The number of aryl methyl sites for hydroxylation is 3. The van der Waals surface area contributed by atoms with Gasteiger partial charge in [-0.15, -0.1) is 0 Å². The Bertz CT molecular complexity index is 1210. The Morgan fingerprint density at radius 1 is 1.21 bits per heavy atom. The lowest BCUT2D eigenvalue weighted by molar-refractivity contribution is 0.563. The smallest absolute Gasteiger partial charge is 0.332 e. The number of rotatable bonds is 2. The van der Waals surface area contributed by atoms with Gasteiger partial charge in [-0.2, -0.15) is 4.98 Å². The van der Waals surface area contributed by atoms with Gasteiger partial charge in [-0.1, -0.05) is 29.8 Å². The average Bonchev–Trinajstić information content (AvgIpc) is 3.05. The first-order valence-electron chi connectivity index (χ1n) is 7.59. The van der Waals surface area contributed by atoms with Gasteiger partial charge in [0.15, 0.2) is 11.2 Å². The van der Waals surface area contributed by atoms with Crippen LogP contribution in [0.3, 0.4) is 0 Å². The summed E-state index contributed by atoms with van der Waals surface area (Å²) >= 11 is 0. The highest BCUT2D eigenvalue weighted by Gasteiger charge is 2.19. The van der Waals surface area contributed by atoms with Crippen LogP contribution in [0.5, 0.6) is 0 Å². The summed E-state index contributed by atoms with van der Waals surface area (Å²) in [4.78, 5) is 29.8. The third-order valence-electron chi connectivity index (χ3n) is 4.13. The summed E-state index contributed by atoms with van der Waals surface area (Å²) in [5.41, 5.74) is 1.88. The topological polar surface area (TPSA) is 74.4 Å². The Labute approximate surface area is 136 Å². The van der Waals surface area contributed by atoms with Crippen molar-refractivity contribution >= 4 is 17.0 Å². The van der Waals surface area contributed by atoms with Crippen molar-refractivity contribution < 1.29 is 4.42 Å². The lowest BCUT2D eigenvalue weighted by Crippen LogP contribution is -2.39. The van der Waals surface area contributed by atoms with Crippen molar-refractivity contribution in [2.45, 2.75) is 20.4 Å². The van der Waals surface area contributed by atoms with Crippen LogP contribution in [-0.4, -0.2) is 18.5 Å². The molecule has 0 saturated carbocycles. The second-order valence-corrected chi connectivity index (χ2v) is 6.00. The predicted octanol–water partition coefficient (Wildman–Crippen LogP) is 1.61. The Morgan fingerprint density at radius 3 is 2.75 bits per heavy atom. The standard InChI is InChI=1S/C17H16N4O3/c1-10-5-4-6-12(7-10)9-21-15(22)13-14(19(3)17(21)23)18-16-20(13)8-11(2)24-16/h4-8H,9H2,1-3H3. The Hall–Kier alpha value is -3.09. The van der Waals surface area contributed by atoms with Gasteiger partial charge in [-0.05, 0) is 19.4 Å². The summed E-state index contributed by atoms with van der Waals surface area (Å²) in [6, 6.07) is 7.75. The van der Waals surface area contributed by atoms with Crippen molar-refractivity contribution in [2.24, 2.45) is 7.05 Å². The first-order valence-corrected chi connectivity index (χ1v) is 7.59. The van der Waals surface area contributed by atoms with E-state index in [-0.39, 0.29) is 12.1 Å². The second kappa shape index (κ2) is 4.95. The molecule has 0 fully saturated rings. The number of imidazole rings is 1. The molecule has 0 radical (unpaired) electrons. The fourth-order valence-electron chi connectivity index (χ4n) is 3.00. The van der Waals surface area contributed by atoms with Gasteiger partial charge < -0.3 is 4.42 Å². The maximum atomic E-state index is 12.9. The molecule has 7 nitrogen and oxygen atoms in total. The minimum atomic E-state index is -0.397. The number of aromatic nitrogens is 4. The molecular weight excluding hydrogens is 308 g/mol. The van der Waals surface area contributed by atoms with E-state index < -0.39 is 5.69 Å². The molecule has 0 bridgehead atoms. The summed E-state index contributed by atoms with van der Waals surface area (Å²) in [6.45, 7) is 3.98. The van der Waals surface area contributed by atoms with E-state index in [4.69, 9.17) is 4.42 Å². The van der Waals surface area contributed by atoms with Gasteiger partial charge in [0.1, 0.15) is 5.76 Å². The molecule has 0 atom stereocenters. The molecule has 4 rings (SSSR count). The lowest BCUT2D eigenvalue weighted by Gasteiger charge is -2.08. The van der Waals surface area contributed by atoms with Crippen molar-refractivity contribution in [2.75, 3.05) is 0 Å². The molecule has 4 aromatic rings. The van der Waals surface area contributed by atoms with E-state index in [0.29, 0.717) is 22.8 Å². The summed E-state index contributed by atoms with van der Waals surface area (Å²) in [6.07, 6.45) is 1.70. The van der Waals surface area contributed by atoms with Crippen molar-refractivity contribution in [3.63, 3.8) is 0 Å². The van der Waals surface area contributed by atoms with Crippen molar-refractivity contribution in [3.05, 3.63) is 68.2 Å². The monoisotopic (exact) mass is 324 g/mol. The van der Waals surface area contributed by atoms with E-state index in [1.807, 2.05) is 31.2 Å². The summed E-state index contributed by atoms with van der Waals surface area (Å²) in [5, 5.41) is 0. The van der Waals surface area contributed by atoms with Crippen LogP contribution < -0.4 is 11.2 Å². The third kappa shape index (κ3) is 2.01. The van der Waals surface area contributed by atoms with Crippen LogP contribution in [0.1, 0.15) is 16.9 Å². The van der Waals surface area contributed by atoms with E-state index in [2.05, 4.69) is 4.98 Å². The molecule has 0 N–H and O–H groups in total. The number of oxazole rings is 1. The molecule has 0 aliphatic rings. The molecule has 0 saturated heterocycles. The Kier molecular flexibility index (Phi) is 2.99. The molecule has 3 aromatic heterocycles. The van der Waals surface area contributed by atoms with Crippen LogP contribution in [0.25, 0.3) is 17.0 Å². The molecule has 1 aromatic carbocycles. The molecule has 0 spiro atoms. The molecule has 122 valence electrons. The predicted molar refractivity (Wildman–Crippen MR) is 89.5 cm³/mol. The van der Waals surface area contributed by atoms with Crippen molar-refractivity contribution in [1.82, 2.24) is 18.5 Å². The van der Waals surface area contributed by atoms with Gasteiger partial charge in [0.25, 0.3) is 5.56 Å². The molecule has 3 heterocycles. The molecule has 24 heavy (non-hydrogen) atoms. The SMILES string of the molecule is Cc1cccc(Cn2c(=O)c3c(nc4oc(C)cn43)n(C)c2=O)c1. The van der Waals surface area contributed by atoms with Crippen LogP contribution in [-0.2, 0) is 13.6 Å². The summed E-state index contributed by atoms with van der Waals surface area (Å²) in [5.74, 6) is 0.959. The number of nitrogens with zero attached hydrogens (tertiary/aromatic N) is 4. The van der Waals surface area contributed by atoms with E-state index in [9.17, 15) is 9.59 Å². The van der Waals surface area contributed by atoms with E-state index in [1.54, 1.807) is 24.6 Å². The van der Waals surface area contributed by atoms with Crippen LogP contribution >= 0.6 is 0 Å². The van der Waals surface area contributed by atoms with E-state index in [1.165, 1.54) is 9.13 Å². The minimum Gasteiger partial charge on any atom is -0.428 e. The molecule has 0 aliphatic heterocycles. The largest absolute Gasteiger partial charge is 0.428 e. The van der Waals surface area contributed by atoms with Crippen LogP contribution in [0, 0.1) is 13.8 Å². The maximum Gasteiger partial charge on any atom is 0.332 e. The van der Waals surface area contributed by atoms with Crippen LogP contribution in [0.4, 0.5) is 0 Å². The zero-order chi connectivity index (χ0) is 17.0. The molecule has 7 heteroatoms. The third-order valence-corrected chi connectivity index (χ3v) is 4.13. The molecule has 0 unspecified atom stereocenters. The molecular formula is C17H16N4O3. The average molecular weight is 324 g/mol. The first kappa shape index (κ1) is 14.5. The van der Waals surface area contributed by atoms with Gasteiger partial charge in [-0.25, -0.2) is 4.79 Å². The quantitative estimate of drug-likeness (QED) is 0.561. The highest BCUT2D eigenvalue weighted by atomic mass is 16.4. The zero-order valence-corrected chi connectivity index (χ0v) is 13.6. The zero-order valence-electron chi connectivity index (χ0n) is 13.6. The maximum absolute atomic E-state index is 12.9. The highest BCUT2D eigenvalue weighted by Crippen LogP contribution is 2.15. The van der Waals surface area contributed by atoms with Crippen LogP contribution in [0.15, 0.2) is 44.5 Å². The normalized spacial score (nSPS) is 11.6. The molecule has 0 aliphatic carbocycles. The van der Waals surface area contributed by atoms with Gasteiger partial charge in [0.05, 0.1) is 12.7 Å². The first-order chi connectivity index (χ1) is 11.5. The van der Waals surface area contributed by atoms with Crippen LogP contribution in [0.2, 0.25) is 0 Å². The van der Waals surface area contributed by atoms with E-state index >= 15 is 0 Å². The number of benzene rings is 1. The van der Waals surface area contributed by atoms with E-state index in [0.717, 1.165) is 11.1 Å². The minimum absolute atomic E-state index is 0.215. The Balaban J connectivity index is 2.03. The van der Waals surface area contributed by atoms with Gasteiger partial charge >= 0.3 is 11.5 Å². The van der Waals surface area contributed by atoms with Crippen molar-refractivity contribution in [3.8, 4) is 0 Å². The fourth-order valence-corrected chi connectivity index (χ4v) is 3.00. The second-order valence-electron chi connectivity index (χ2n) is 6.00. The van der Waals surface area contributed by atoms with Gasteiger partial charge in [0, 0.05) is 7.05 Å². The number of fused-ring (bicyclic) bond motifs is 3. The fraction of sp³-hybridized carbons (Fsp3) is 0.235. The van der Waals surface area contributed by atoms with Crippen molar-refractivity contribution in [1.29, 1.82) is 0 Å². The summed E-state index contributed by atoms with van der Waals surface area (Å²) in [7, 11) is 1.61. The molecule has 0 amide bonds. The highest BCUT2D eigenvalue weighted by molar-refractivity contribution is 5.74. The lowest BCUT2D eigenvalue weighted by atomic mass is 10.1. The van der Waals surface area contributed by atoms with Gasteiger partial charge in [0.2, 0.25) is 0 Å². The number of hydrogen-bond acceptors (Lipinski definition) is 4. The number of hydrogen-bond donors (Lipinski definition) is 0. The summed E-state index contributed by atoms with van der Waals surface area (Å²) < 4.78 is 9.67. The van der Waals surface area contributed by atoms with Gasteiger partial charge in [-0.3, -0.25) is 18.3 Å².